The number of benzene rings is 9. The summed E-state index contributed by atoms with van der Waals surface area (Å²) in [5, 5.41) is 0. The zero-order valence-electron chi connectivity index (χ0n) is 74.0. The summed E-state index contributed by atoms with van der Waals surface area (Å²) in [5.41, 5.74) is 10.7. The van der Waals surface area contributed by atoms with Crippen molar-refractivity contribution in [3.8, 4) is 84.5 Å². The molecule has 143 heavy (non-hydrogen) atoms. The number of ether oxygens (including phenoxy) is 6. The van der Waals surface area contributed by atoms with Gasteiger partial charge in [-0.1, -0.05) is 97.1 Å². The average Bonchev–Trinajstić information content (AvgIpc) is 1.64. The highest BCUT2D eigenvalue weighted by Gasteiger charge is 2.36. The first-order chi connectivity index (χ1) is 67.9. The molecule has 9 aromatic carbocycles. The van der Waals surface area contributed by atoms with Crippen molar-refractivity contribution in [2.45, 2.75) is 109 Å². The zero-order valence-corrected chi connectivity index (χ0v) is 74.0. The van der Waals surface area contributed by atoms with Gasteiger partial charge in [0.05, 0.1) is 41.9 Å². The van der Waals surface area contributed by atoms with E-state index < -0.39 is 78.8 Å². The number of cyclic esters (lactones) is 1. The maximum atomic E-state index is 13.3. The van der Waals surface area contributed by atoms with Crippen molar-refractivity contribution in [3.63, 3.8) is 0 Å². The highest BCUT2D eigenvalue weighted by molar-refractivity contribution is 5.84. The molecule has 10 heterocycles. The van der Waals surface area contributed by atoms with Gasteiger partial charge in [-0.25, -0.2) is 57.5 Å². The molecular weight excluding hydrogens is 1930 g/mol. The SMILES string of the molecule is CC(F)(F)Cn1c(=O)oc2ccc(-c3ccc(OC(F)(F)F)cc3)nc21.O=C1CCCN1CCCn1c(=O)oc2ccc(-c3ccc(OC(F)(F)F)cc3)cc21.O=C1OCCN1CCCn1c(=O)oc2ccc(-c3ccc(OC(F)(F)F)cc3)cc21.O=c1oc2ccc(-c3ccc(OC(F)(F)F)cc3)cc2n1CCc1ncccn1.O=c1oc2ncc(-c3ccc(OC(F)(F)F)cc3)cc2n1Cc1ccccc1. The number of rotatable bonds is 25. The molecule has 0 N–H and O–H groups in total. The Morgan fingerprint density at radius 2 is 0.727 bits per heavy atom. The molecule has 2 fully saturated rings. The van der Waals surface area contributed by atoms with Gasteiger partial charge in [0.1, 0.15) is 46.7 Å². The van der Waals surface area contributed by atoms with Crippen molar-refractivity contribution in [1.82, 2.24) is 52.6 Å². The first kappa shape index (κ1) is 101. The number of hydrogen-bond acceptors (Lipinski definition) is 22. The van der Waals surface area contributed by atoms with Crippen molar-refractivity contribution in [1.29, 1.82) is 0 Å². The summed E-state index contributed by atoms with van der Waals surface area (Å²) >= 11 is 0. The molecule has 2 aliphatic heterocycles. The quantitative estimate of drug-likeness (QED) is 0.0480. The van der Waals surface area contributed by atoms with Crippen LogP contribution in [-0.4, -0.2) is 135 Å². The van der Waals surface area contributed by atoms with Crippen molar-refractivity contribution >= 4 is 67.8 Å². The number of pyridine rings is 2. The second kappa shape index (κ2) is 42.5. The molecule has 19 rings (SSSR count). The molecule has 0 aliphatic carbocycles. The first-order valence-electron chi connectivity index (χ1n) is 43.0. The minimum absolute atomic E-state index is 0.0278. The monoisotopic (exact) mass is 2000 g/mol. The van der Waals surface area contributed by atoms with E-state index in [4.69, 9.17) is 26.8 Å². The number of aromatic nitrogens is 9. The predicted molar refractivity (Wildman–Crippen MR) is 478 cm³/mol. The lowest BCUT2D eigenvalue weighted by Gasteiger charge is -2.15. The number of nitrogens with zero attached hydrogens (tertiary/aromatic N) is 11. The third-order valence-corrected chi connectivity index (χ3v) is 21.5. The Labute approximate surface area is 791 Å². The summed E-state index contributed by atoms with van der Waals surface area (Å²) in [6.07, 6.45) is -16.4. The molecule has 0 unspecified atom stereocenters. The molecule has 46 heteroatoms. The number of alkyl halides is 17. The van der Waals surface area contributed by atoms with Crippen LogP contribution in [0.15, 0.2) is 295 Å². The van der Waals surface area contributed by atoms with E-state index in [1.165, 1.54) is 146 Å². The Bertz CT molecular complexity index is 7480. The van der Waals surface area contributed by atoms with Crippen molar-refractivity contribution in [3.05, 3.63) is 313 Å². The molecule has 29 nitrogen and oxygen atoms in total. The van der Waals surface area contributed by atoms with E-state index in [0.29, 0.717) is 173 Å². The maximum absolute atomic E-state index is 13.3. The van der Waals surface area contributed by atoms with Gasteiger partial charge < -0.3 is 60.3 Å². The molecule has 8 aromatic heterocycles. The molecule has 0 spiro atoms. The molecule has 0 radical (unpaired) electrons. The van der Waals surface area contributed by atoms with E-state index in [-0.39, 0.29) is 57.6 Å². The highest BCUT2D eigenvalue weighted by Crippen LogP contribution is 2.37. The average molecular weight is 2000 g/mol. The Hall–Kier alpha value is -16.7. The second-order valence-corrected chi connectivity index (χ2v) is 31.7. The van der Waals surface area contributed by atoms with E-state index >= 15 is 0 Å². The third kappa shape index (κ3) is 27.0. The van der Waals surface area contributed by atoms with Gasteiger partial charge in [-0.3, -0.25) is 27.6 Å². The molecule has 0 bridgehead atoms. The van der Waals surface area contributed by atoms with Gasteiger partial charge in [-0.15, -0.1) is 65.9 Å². The van der Waals surface area contributed by atoms with Crippen LogP contribution >= 0.6 is 0 Å². The molecule has 2 aliphatic rings. The fraction of sp³-hybridized carbons (Fsp3) is 0.227. The summed E-state index contributed by atoms with van der Waals surface area (Å²) in [4.78, 5) is 104. The van der Waals surface area contributed by atoms with Crippen molar-refractivity contribution in [2.24, 2.45) is 0 Å². The molecule has 2 saturated heterocycles. The number of carbonyl (C=O) groups is 2. The molecular formula is C97H74F17N11O18. The Kier molecular flexibility index (Phi) is 29.9. The second-order valence-electron chi connectivity index (χ2n) is 31.7. The Morgan fingerprint density at radius 1 is 0.350 bits per heavy atom. The summed E-state index contributed by atoms with van der Waals surface area (Å²) in [5.74, 6) is -7.05. The van der Waals surface area contributed by atoms with Crippen molar-refractivity contribution < 1.29 is 135 Å². The van der Waals surface area contributed by atoms with Crippen LogP contribution in [0.2, 0.25) is 0 Å². The molecule has 0 saturated carbocycles. The first-order valence-corrected chi connectivity index (χ1v) is 43.0. The van der Waals surface area contributed by atoms with Gasteiger partial charge in [-0.05, 0) is 197 Å². The number of carbonyl (C=O) groups excluding carboxylic acids is 2. The number of fused-ring (bicyclic) bond motifs is 5. The van der Waals surface area contributed by atoms with Crippen molar-refractivity contribution in [2.75, 3.05) is 32.8 Å². The van der Waals surface area contributed by atoms with Gasteiger partial charge in [0.2, 0.25) is 11.6 Å². The van der Waals surface area contributed by atoms with E-state index in [1.807, 2.05) is 30.3 Å². The fourth-order valence-electron chi connectivity index (χ4n) is 15.2. The largest absolute Gasteiger partial charge is 0.573 e. The standard InChI is InChI=1S/C21H19F3N2O4.C20H14F3N3O3.C20H17F3N2O5.C20H13F3N2O3.C16H11F5N2O3/c22-21(23,24)30-16-7-4-14(5-8-16)15-6-9-18-17(13-15)26(20(28)29-18)12-2-11-25-10-1-3-19(25)27;21-20(22,23)29-15-5-2-13(3-6-15)14-4-7-17-16(12-14)26(19(27)28-17)11-8-18-24-9-1-10-25-18;21-20(22,23)30-15-5-2-13(3-6-15)14-4-7-17-16(12-14)25(19(27)29-17)9-1-8-24-10-11-28-18(24)26;21-20(22,23)28-16-8-6-14(7-9-16)15-10-17-18(24-11-15)27-19(26)25(17)12-13-4-2-1-3-5-13;1-15(17,18)8-23-13-12(25-14(23)24)7-6-11(22-13)9-2-4-10(5-3-9)26-16(19,20)21/h4-9,13H,1-3,10-12H2;1-7,9-10,12H,8,11H2;2-7,12H,1,8-11H2;1-11H,12H2;2-7H,8H2,1H3. The zero-order chi connectivity index (χ0) is 102. The third-order valence-electron chi connectivity index (χ3n) is 21.5. The van der Waals surface area contributed by atoms with Crippen LogP contribution in [0.25, 0.3) is 112 Å². The number of halogens is 17. The van der Waals surface area contributed by atoms with Crippen LogP contribution in [0.3, 0.4) is 0 Å². The summed E-state index contributed by atoms with van der Waals surface area (Å²) in [6.45, 7) is 3.81. The van der Waals surface area contributed by atoms with E-state index in [9.17, 15) is 108 Å². The lowest BCUT2D eigenvalue weighted by Crippen LogP contribution is -2.27. The lowest BCUT2D eigenvalue weighted by atomic mass is 10.1. The fourth-order valence-corrected chi connectivity index (χ4v) is 15.2. The van der Waals surface area contributed by atoms with Crippen LogP contribution in [0.5, 0.6) is 28.7 Å². The molecule has 0 atom stereocenters. The molecule has 744 valence electrons. The topological polar surface area (TPSA) is 323 Å². The van der Waals surface area contributed by atoms with E-state index in [1.54, 1.807) is 88.9 Å². The number of hydrogen-bond donors (Lipinski definition) is 0. The van der Waals surface area contributed by atoms with Gasteiger partial charge in [0.25, 0.3) is 5.92 Å². The number of likely N-dealkylation sites (tertiary alicyclic amines) is 1. The highest BCUT2D eigenvalue weighted by atomic mass is 19.4. The van der Waals surface area contributed by atoms with Gasteiger partial charge in [0, 0.05) is 88.8 Å². The van der Waals surface area contributed by atoms with Crippen LogP contribution in [-0.2, 0) is 48.7 Å². The van der Waals surface area contributed by atoms with Crippen LogP contribution < -0.4 is 52.5 Å². The summed E-state index contributed by atoms with van der Waals surface area (Å²) in [7, 11) is 0. The summed E-state index contributed by atoms with van der Waals surface area (Å²) < 4.78 is 267. The Morgan fingerprint density at radius 3 is 1.13 bits per heavy atom. The Balaban J connectivity index is 0.000000135. The number of oxazole rings is 5. The van der Waals surface area contributed by atoms with Gasteiger partial charge in [-0.2, -0.15) is 0 Å². The normalized spacial score (nSPS) is 13.0. The number of aryl methyl sites for hydroxylation is 4. The minimum Gasteiger partial charge on any atom is -0.448 e. The molecule has 2 amide bonds. The van der Waals surface area contributed by atoms with Crippen LogP contribution in [0, 0.1) is 0 Å². The summed E-state index contributed by atoms with van der Waals surface area (Å²) in [6, 6.07) is 57.8. The van der Waals surface area contributed by atoms with Gasteiger partial charge in [0.15, 0.2) is 28.0 Å². The number of amides is 2. The van der Waals surface area contributed by atoms with E-state index in [0.717, 1.165) is 41.8 Å². The smallest absolute Gasteiger partial charge is 0.448 e. The predicted octanol–water partition coefficient (Wildman–Crippen LogP) is 21.2. The minimum atomic E-state index is -4.81. The van der Waals surface area contributed by atoms with Gasteiger partial charge >= 0.3 is 66.7 Å². The van der Waals surface area contributed by atoms with Crippen LogP contribution in [0.4, 0.5) is 79.4 Å². The van der Waals surface area contributed by atoms with Crippen LogP contribution in [0.1, 0.15) is 44.0 Å². The maximum Gasteiger partial charge on any atom is 0.573 e. The lowest BCUT2D eigenvalue weighted by molar-refractivity contribution is -0.275. The van der Waals surface area contributed by atoms with E-state index in [2.05, 4.69) is 43.6 Å². The molecule has 17 aromatic rings.